The van der Waals surface area contributed by atoms with E-state index in [1.54, 1.807) is 10.5 Å². The Morgan fingerprint density at radius 3 is 2.72 bits per heavy atom. The van der Waals surface area contributed by atoms with Crippen LogP contribution in [0.4, 0.5) is 4.39 Å². The van der Waals surface area contributed by atoms with Crippen molar-refractivity contribution in [3.63, 3.8) is 0 Å². The highest BCUT2D eigenvalue weighted by Crippen LogP contribution is 2.25. The van der Waals surface area contributed by atoms with E-state index in [1.807, 2.05) is 0 Å². The minimum absolute atomic E-state index is 0.0559. The molecule has 0 radical (unpaired) electrons. The fourth-order valence-corrected chi connectivity index (χ4v) is 1.98. The summed E-state index contributed by atoms with van der Waals surface area (Å²) in [5.74, 6) is -0.0796. The Morgan fingerprint density at radius 1 is 1.11 bits per heavy atom. The zero-order valence-electron chi connectivity index (χ0n) is 8.81. The summed E-state index contributed by atoms with van der Waals surface area (Å²) >= 11 is 11.7. The van der Waals surface area contributed by atoms with Crippen molar-refractivity contribution >= 4 is 28.8 Å². The summed E-state index contributed by atoms with van der Waals surface area (Å²) in [6.45, 7) is 0. The first kappa shape index (κ1) is 11.4. The van der Waals surface area contributed by atoms with Gasteiger partial charge in [0.15, 0.2) is 11.5 Å². The minimum Gasteiger partial charge on any atom is -0.262 e. The molecule has 0 saturated heterocycles. The van der Waals surface area contributed by atoms with Crippen molar-refractivity contribution in [2.75, 3.05) is 0 Å². The average Bonchev–Trinajstić information content (AvgIpc) is 2.78. The quantitative estimate of drug-likeness (QED) is 0.688. The average molecular weight is 283 g/mol. The summed E-state index contributed by atoms with van der Waals surface area (Å²) in [7, 11) is 0. The van der Waals surface area contributed by atoms with Gasteiger partial charge in [-0.05, 0) is 18.2 Å². The highest BCUT2D eigenvalue weighted by atomic mass is 35.5. The molecule has 0 bridgehead atoms. The van der Waals surface area contributed by atoms with Crippen LogP contribution in [0.3, 0.4) is 0 Å². The molecule has 7 heteroatoms. The Labute approximate surface area is 111 Å². The van der Waals surface area contributed by atoms with Crippen LogP contribution >= 0.6 is 23.2 Å². The molecule has 18 heavy (non-hydrogen) atoms. The molecule has 0 aliphatic heterocycles. The molecule has 0 amide bonds. The van der Waals surface area contributed by atoms with E-state index in [0.717, 1.165) is 0 Å². The van der Waals surface area contributed by atoms with Crippen LogP contribution in [0.25, 0.3) is 17.0 Å². The topological polar surface area (TPSA) is 43.1 Å². The predicted octanol–water partition coefficient (Wildman–Crippen LogP) is 3.24. The van der Waals surface area contributed by atoms with Crippen molar-refractivity contribution < 1.29 is 4.39 Å². The zero-order chi connectivity index (χ0) is 12.7. The zero-order valence-corrected chi connectivity index (χ0v) is 10.3. The van der Waals surface area contributed by atoms with Gasteiger partial charge in [0.25, 0.3) is 0 Å². The Bertz CT molecular complexity index is 741. The third-order valence-electron chi connectivity index (χ3n) is 2.45. The van der Waals surface area contributed by atoms with Gasteiger partial charge >= 0.3 is 0 Å². The summed E-state index contributed by atoms with van der Waals surface area (Å²) in [6, 6.07) is 4.40. The van der Waals surface area contributed by atoms with E-state index in [0.29, 0.717) is 22.2 Å². The highest BCUT2D eigenvalue weighted by molar-refractivity contribution is 6.30. The Balaban J connectivity index is 2.28. The molecule has 1 aromatic carbocycles. The van der Waals surface area contributed by atoms with Crippen molar-refractivity contribution in [3.8, 4) is 11.4 Å². The third kappa shape index (κ3) is 1.72. The van der Waals surface area contributed by atoms with E-state index < -0.39 is 5.82 Å². The fraction of sp³-hybridized carbons (Fsp3) is 0. The van der Waals surface area contributed by atoms with Crippen LogP contribution in [0.2, 0.25) is 10.2 Å². The number of hydrogen-bond donors (Lipinski definition) is 0. The summed E-state index contributed by atoms with van der Waals surface area (Å²) in [6.07, 6.45) is 2.99. The number of nitrogens with zero attached hydrogens (tertiary/aromatic N) is 4. The van der Waals surface area contributed by atoms with Crippen molar-refractivity contribution in [1.29, 1.82) is 0 Å². The summed E-state index contributed by atoms with van der Waals surface area (Å²) < 4.78 is 15.0. The minimum atomic E-state index is -0.518. The van der Waals surface area contributed by atoms with Gasteiger partial charge < -0.3 is 0 Å². The number of rotatable bonds is 1. The Hall–Kier alpha value is -1.72. The van der Waals surface area contributed by atoms with E-state index in [4.69, 9.17) is 23.2 Å². The highest BCUT2D eigenvalue weighted by Gasteiger charge is 2.12. The largest absolute Gasteiger partial charge is 0.262 e. The maximum Gasteiger partial charge on any atom is 0.180 e. The molecule has 3 aromatic rings. The van der Waals surface area contributed by atoms with Gasteiger partial charge in [0.1, 0.15) is 11.0 Å². The third-order valence-corrected chi connectivity index (χ3v) is 3.02. The second-order valence-corrected chi connectivity index (χ2v) is 4.37. The Kier molecular flexibility index (Phi) is 2.65. The fourth-order valence-electron chi connectivity index (χ4n) is 1.64. The van der Waals surface area contributed by atoms with E-state index >= 15 is 0 Å². The van der Waals surface area contributed by atoms with E-state index in [-0.39, 0.29) is 5.02 Å². The van der Waals surface area contributed by atoms with Gasteiger partial charge in [-0.15, -0.1) is 10.2 Å². The lowest BCUT2D eigenvalue weighted by Gasteiger charge is -2.02. The van der Waals surface area contributed by atoms with E-state index in [9.17, 15) is 4.39 Å². The maximum atomic E-state index is 13.4. The molecular formula is C11H5Cl2FN4. The van der Waals surface area contributed by atoms with Crippen LogP contribution in [0.15, 0.2) is 30.6 Å². The first-order chi connectivity index (χ1) is 8.66. The van der Waals surface area contributed by atoms with Crippen molar-refractivity contribution in [1.82, 2.24) is 19.6 Å². The van der Waals surface area contributed by atoms with Gasteiger partial charge in [-0.3, -0.25) is 9.38 Å². The number of benzene rings is 1. The second kappa shape index (κ2) is 4.19. The van der Waals surface area contributed by atoms with E-state index in [1.165, 1.54) is 24.5 Å². The van der Waals surface area contributed by atoms with Gasteiger partial charge in [-0.1, -0.05) is 23.2 Å². The molecule has 90 valence electrons. The normalized spacial score (nSPS) is 11.1. The molecule has 0 aliphatic rings. The lowest BCUT2D eigenvalue weighted by molar-refractivity contribution is 0.628. The van der Waals surface area contributed by atoms with Crippen molar-refractivity contribution in [2.24, 2.45) is 0 Å². The maximum absolute atomic E-state index is 13.4. The molecule has 0 fully saturated rings. The molecule has 4 nitrogen and oxygen atoms in total. The molecule has 0 spiro atoms. The van der Waals surface area contributed by atoms with Gasteiger partial charge in [-0.25, -0.2) is 4.39 Å². The van der Waals surface area contributed by atoms with Crippen LogP contribution in [0, 0.1) is 5.82 Å². The van der Waals surface area contributed by atoms with Crippen LogP contribution in [-0.4, -0.2) is 19.6 Å². The molecule has 0 atom stereocenters. The summed E-state index contributed by atoms with van der Waals surface area (Å²) in [4.78, 5) is 3.90. The molecular weight excluding hydrogens is 278 g/mol. The smallest absolute Gasteiger partial charge is 0.180 e. The van der Waals surface area contributed by atoms with Crippen molar-refractivity contribution in [2.45, 2.75) is 0 Å². The van der Waals surface area contributed by atoms with Crippen LogP contribution in [-0.2, 0) is 0 Å². The first-order valence-electron chi connectivity index (χ1n) is 4.97. The number of halogens is 3. The summed E-state index contributed by atoms with van der Waals surface area (Å²) in [5, 5.41) is 8.30. The van der Waals surface area contributed by atoms with Crippen LogP contribution in [0.1, 0.15) is 0 Å². The van der Waals surface area contributed by atoms with Crippen molar-refractivity contribution in [3.05, 3.63) is 46.6 Å². The monoisotopic (exact) mass is 282 g/mol. The van der Waals surface area contributed by atoms with Crippen LogP contribution < -0.4 is 0 Å². The predicted molar refractivity (Wildman–Crippen MR) is 66.2 cm³/mol. The SMILES string of the molecule is Fc1cc(-c2nnc3cncc(Cl)n23)ccc1Cl. The number of fused-ring (bicyclic) bond motifs is 1. The van der Waals surface area contributed by atoms with Crippen LogP contribution in [0.5, 0.6) is 0 Å². The van der Waals surface area contributed by atoms with Gasteiger partial charge in [-0.2, -0.15) is 0 Å². The molecule has 2 heterocycles. The molecule has 0 unspecified atom stereocenters. The molecule has 0 saturated carbocycles. The van der Waals surface area contributed by atoms with Gasteiger partial charge in [0.2, 0.25) is 0 Å². The molecule has 0 N–H and O–H groups in total. The molecule has 3 rings (SSSR count). The second-order valence-electron chi connectivity index (χ2n) is 3.58. The lowest BCUT2D eigenvalue weighted by atomic mass is 10.2. The lowest BCUT2D eigenvalue weighted by Crippen LogP contribution is -1.93. The standard InChI is InChI=1S/C11H5Cl2FN4/c12-7-2-1-6(3-8(7)14)11-17-16-10-5-15-4-9(13)18(10)11/h1-5H. The number of hydrogen-bond acceptors (Lipinski definition) is 3. The van der Waals surface area contributed by atoms with Gasteiger partial charge in [0.05, 0.1) is 17.4 Å². The summed E-state index contributed by atoms with van der Waals surface area (Å²) in [5.41, 5.74) is 1.03. The molecule has 0 aliphatic carbocycles. The van der Waals surface area contributed by atoms with E-state index in [2.05, 4.69) is 15.2 Å². The molecule has 2 aromatic heterocycles. The Morgan fingerprint density at radius 2 is 1.94 bits per heavy atom. The number of aromatic nitrogens is 4. The van der Waals surface area contributed by atoms with Gasteiger partial charge in [0, 0.05) is 5.56 Å². The first-order valence-corrected chi connectivity index (χ1v) is 5.72.